The molecule has 0 radical (unpaired) electrons. The lowest BCUT2D eigenvalue weighted by atomic mass is 9.84. The minimum Gasteiger partial charge on any atom is -0.337 e. The third-order valence-electron chi connectivity index (χ3n) is 4.57. The quantitative estimate of drug-likeness (QED) is 0.746. The number of amides is 1. The first-order valence-electron chi connectivity index (χ1n) is 7.27. The van der Waals surface area contributed by atoms with Crippen LogP contribution in [0.3, 0.4) is 0 Å². The molecule has 3 rings (SSSR count). The first kappa shape index (κ1) is 13.8. The second-order valence-corrected chi connectivity index (χ2v) is 6.22. The summed E-state index contributed by atoms with van der Waals surface area (Å²) in [4.78, 5) is 21.0. The normalized spacial score (nSPS) is 27.2. The van der Waals surface area contributed by atoms with Crippen LogP contribution in [0.15, 0.2) is 18.2 Å². The highest BCUT2D eigenvalue weighted by molar-refractivity contribution is 6.29. The van der Waals surface area contributed by atoms with Gasteiger partial charge in [-0.15, -0.1) is 0 Å². The number of carbonyl (C=O) groups is 1. The first-order valence-corrected chi connectivity index (χ1v) is 7.65. The molecule has 2 fully saturated rings. The SMILES string of the molecule is CN1CCCC2CN(C(=O)c3cccc(Cl)n3)CCC21. The van der Waals surface area contributed by atoms with Crippen LogP contribution < -0.4 is 0 Å². The minimum absolute atomic E-state index is 0.0131. The molecule has 5 heteroatoms. The summed E-state index contributed by atoms with van der Waals surface area (Å²) in [6.07, 6.45) is 3.52. The molecule has 20 heavy (non-hydrogen) atoms. The predicted octanol–water partition coefficient (Wildman–Crippen LogP) is 2.29. The summed E-state index contributed by atoms with van der Waals surface area (Å²) in [5.74, 6) is 0.616. The maximum Gasteiger partial charge on any atom is 0.272 e. The number of nitrogens with zero attached hydrogens (tertiary/aromatic N) is 3. The molecule has 0 N–H and O–H groups in total. The van der Waals surface area contributed by atoms with Gasteiger partial charge in [-0.3, -0.25) is 4.79 Å². The number of pyridine rings is 1. The smallest absolute Gasteiger partial charge is 0.272 e. The molecule has 3 heterocycles. The van der Waals surface area contributed by atoms with Crippen LogP contribution in [0.5, 0.6) is 0 Å². The van der Waals surface area contributed by atoms with E-state index in [0.717, 1.165) is 19.5 Å². The van der Waals surface area contributed by atoms with E-state index in [1.165, 1.54) is 19.4 Å². The molecule has 1 aromatic rings. The van der Waals surface area contributed by atoms with Crippen molar-refractivity contribution in [2.45, 2.75) is 25.3 Å². The van der Waals surface area contributed by atoms with Crippen molar-refractivity contribution in [2.75, 3.05) is 26.7 Å². The van der Waals surface area contributed by atoms with E-state index in [9.17, 15) is 4.79 Å². The Labute approximate surface area is 124 Å². The van der Waals surface area contributed by atoms with Gasteiger partial charge in [-0.05, 0) is 50.9 Å². The Kier molecular flexibility index (Phi) is 3.94. The number of piperidine rings is 2. The van der Waals surface area contributed by atoms with Crippen molar-refractivity contribution < 1.29 is 4.79 Å². The lowest BCUT2D eigenvalue weighted by Crippen LogP contribution is -2.54. The van der Waals surface area contributed by atoms with Crippen LogP contribution >= 0.6 is 11.6 Å². The lowest BCUT2D eigenvalue weighted by Gasteiger charge is -2.45. The van der Waals surface area contributed by atoms with Gasteiger partial charge in [0.25, 0.3) is 5.91 Å². The van der Waals surface area contributed by atoms with E-state index in [1.54, 1.807) is 18.2 Å². The van der Waals surface area contributed by atoms with Crippen LogP contribution in [0.1, 0.15) is 29.8 Å². The molecule has 0 saturated carbocycles. The van der Waals surface area contributed by atoms with Gasteiger partial charge in [-0.2, -0.15) is 0 Å². The van der Waals surface area contributed by atoms with Gasteiger partial charge in [0.05, 0.1) is 0 Å². The lowest BCUT2D eigenvalue weighted by molar-refractivity contribution is 0.0313. The van der Waals surface area contributed by atoms with E-state index >= 15 is 0 Å². The molecule has 0 bridgehead atoms. The highest BCUT2D eigenvalue weighted by atomic mass is 35.5. The summed E-state index contributed by atoms with van der Waals surface area (Å²) in [5.41, 5.74) is 0.458. The minimum atomic E-state index is 0.0131. The van der Waals surface area contributed by atoms with E-state index in [2.05, 4.69) is 16.9 Å². The number of aromatic nitrogens is 1. The van der Waals surface area contributed by atoms with E-state index in [0.29, 0.717) is 22.8 Å². The van der Waals surface area contributed by atoms with Crippen molar-refractivity contribution in [1.82, 2.24) is 14.8 Å². The van der Waals surface area contributed by atoms with Gasteiger partial charge in [-0.25, -0.2) is 4.98 Å². The summed E-state index contributed by atoms with van der Waals surface area (Å²) < 4.78 is 0. The van der Waals surface area contributed by atoms with Gasteiger partial charge in [0.1, 0.15) is 10.8 Å². The number of halogens is 1. The van der Waals surface area contributed by atoms with Crippen LogP contribution in [-0.4, -0.2) is 53.4 Å². The Morgan fingerprint density at radius 1 is 1.35 bits per heavy atom. The number of likely N-dealkylation sites (tertiary alicyclic amines) is 2. The molecular weight excluding hydrogens is 274 g/mol. The highest BCUT2D eigenvalue weighted by Gasteiger charge is 2.36. The van der Waals surface area contributed by atoms with Crippen molar-refractivity contribution in [3.05, 3.63) is 29.0 Å². The van der Waals surface area contributed by atoms with Gasteiger partial charge >= 0.3 is 0 Å². The van der Waals surface area contributed by atoms with Crippen molar-refractivity contribution in [1.29, 1.82) is 0 Å². The Bertz CT molecular complexity index is 508. The van der Waals surface area contributed by atoms with Crippen molar-refractivity contribution in [3.8, 4) is 0 Å². The molecule has 0 aromatic carbocycles. The van der Waals surface area contributed by atoms with Crippen molar-refractivity contribution in [2.24, 2.45) is 5.92 Å². The van der Waals surface area contributed by atoms with E-state index in [1.807, 2.05) is 4.90 Å². The number of fused-ring (bicyclic) bond motifs is 1. The second kappa shape index (κ2) is 5.70. The fourth-order valence-corrected chi connectivity index (χ4v) is 3.69. The number of rotatable bonds is 1. The Balaban J connectivity index is 1.71. The van der Waals surface area contributed by atoms with Gasteiger partial charge in [-0.1, -0.05) is 17.7 Å². The standard InChI is InChI=1S/C15H20ClN3O/c1-18-8-3-4-11-10-19(9-7-13(11)18)15(20)12-5-2-6-14(16)17-12/h2,5-6,11,13H,3-4,7-10H2,1H3. The molecule has 2 atom stereocenters. The zero-order valence-electron chi connectivity index (χ0n) is 11.8. The molecule has 2 saturated heterocycles. The van der Waals surface area contributed by atoms with Gasteiger partial charge in [0.2, 0.25) is 0 Å². The van der Waals surface area contributed by atoms with Gasteiger partial charge in [0, 0.05) is 19.1 Å². The predicted molar refractivity (Wildman–Crippen MR) is 78.9 cm³/mol. The average Bonchev–Trinajstić information content (AvgIpc) is 2.46. The van der Waals surface area contributed by atoms with Crippen LogP contribution in [0.4, 0.5) is 0 Å². The number of hydrogen-bond donors (Lipinski definition) is 0. The summed E-state index contributed by atoms with van der Waals surface area (Å²) in [6, 6.07) is 5.86. The Morgan fingerprint density at radius 2 is 2.20 bits per heavy atom. The molecular formula is C15H20ClN3O. The van der Waals surface area contributed by atoms with Crippen LogP contribution in [-0.2, 0) is 0 Å². The summed E-state index contributed by atoms with van der Waals surface area (Å²) in [5, 5.41) is 0.378. The summed E-state index contributed by atoms with van der Waals surface area (Å²) >= 11 is 5.87. The van der Waals surface area contributed by atoms with Gasteiger partial charge in [0.15, 0.2) is 0 Å². The average molecular weight is 294 g/mol. The monoisotopic (exact) mass is 293 g/mol. The van der Waals surface area contributed by atoms with Crippen molar-refractivity contribution >= 4 is 17.5 Å². The van der Waals surface area contributed by atoms with E-state index in [4.69, 9.17) is 11.6 Å². The topological polar surface area (TPSA) is 36.4 Å². The maximum absolute atomic E-state index is 12.5. The largest absolute Gasteiger partial charge is 0.337 e. The zero-order chi connectivity index (χ0) is 14.1. The number of hydrogen-bond acceptors (Lipinski definition) is 3. The first-order chi connectivity index (χ1) is 9.65. The molecule has 2 aliphatic heterocycles. The zero-order valence-corrected chi connectivity index (χ0v) is 12.5. The molecule has 1 aromatic heterocycles. The summed E-state index contributed by atoms with van der Waals surface area (Å²) in [6.45, 7) is 2.85. The third kappa shape index (κ3) is 2.67. The second-order valence-electron chi connectivity index (χ2n) is 5.84. The Morgan fingerprint density at radius 3 is 3.00 bits per heavy atom. The highest BCUT2D eigenvalue weighted by Crippen LogP contribution is 2.30. The molecule has 2 aliphatic rings. The van der Waals surface area contributed by atoms with E-state index < -0.39 is 0 Å². The maximum atomic E-state index is 12.5. The van der Waals surface area contributed by atoms with Crippen molar-refractivity contribution in [3.63, 3.8) is 0 Å². The van der Waals surface area contributed by atoms with Gasteiger partial charge < -0.3 is 9.80 Å². The molecule has 108 valence electrons. The molecule has 0 spiro atoms. The fourth-order valence-electron chi connectivity index (χ4n) is 3.53. The third-order valence-corrected chi connectivity index (χ3v) is 4.78. The van der Waals surface area contributed by atoms with Crippen LogP contribution in [0.25, 0.3) is 0 Å². The van der Waals surface area contributed by atoms with E-state index in [-0.39, 0.29) is 5.91 Å². The van der Waals surface area contributed by atoms with Crippen LogP contribution in [0.2, 0.25) is 5.15 Å². The van der Waals surface area contributed by atoms with Crippen LogP contribution in [0, 0.1) is 5.92 Å². The fraction of sp³-hybridized carbons (Fsp3) is 0.600. The summed E-state index contributed by atoms with van der Waals surface area (Å²) in [7, 11) is 2.20. The molecule has 2 unspecified atom stereocenters. The molecule has 4 nitrogen and oxygen atoms in total. The molecule has 0 aliphatic carbocycles. The Hall–Kier alpha value is -1.13. The molecule has 1 amide bonds. The number of carbonyl (C=O) groups excluding carboxylic acids is 1.